The fraction of sp³-hybridized carbons (Fsp3) is 0.923. The van der Waals surface area contributed by atoms with Gasteiger partial charge >= 0.3 is 6.18 Å². The molecule has 0 saturated carbocycles. The number of Topliss-reactive ketones (excluding diaryl/α,β-unsaturated/α-hetero) is 1. The highest BCUT2D eigenvalue weighted by Crippen LogP contribution is 2.42. The third-order valence-corrected chi connectivity index (χ3v) is 3.22. The van der Waals surface area contributed by atoms with E-state index in [2.05, 4.69) is 4.74 Å². The molecule has 6 heteroatoms. The van der Waals surface area contributed by atoms with E-state index in [1.807, 2.05) is 27.7 Å². The molecule has 0 aliphatic carbocycles. The average Bonchev–Trinajstić information content (AvgIpc) is 2.40. The van der Waals surface area contributed by atoms with E-state index in [0.717, 1.165) is 0 Å². The van der Waals surface area contributed by atoms with Crippen LogP contribution in [0.15, 0.2) is 0 Å². The van der Waals surface area contributed by atoms with Gasteiger partial charge in [0, 0.05) is 12.3 Å². The largest absolute Gasteiger partial charge is 0.411 e. The SMILES string of the molecule is CC1(C)CC(C(=O)CCOCC(F)(F)F)C(C)(C)O1. The summed E-state index contributed by atoms with van der Waals surface area (Å²) < 4.78 is 45.9. The minimum Gasteiger partial charge on any atom is -0.372 e. The molecule has 1 rings (SSSR count). The fourth-order valence-electron chi connectivity index (χ4n) is 2.60. The molecule has 0 amide bonds. The molecule has 1 unspecified atom stereocenters. The van der Waals surface area contributed by atoms with E-state index in [-0.39, 0.29) is 30.3 Å². The smallest absolute Gasteiger partial charge is 0.372 e. The number of hydrogen-bond donors (Lipinski definition) is 0. The zero-order valence-corrected chi connectivity index (χ0v) is 11.8. The van der Waals surface area contributed by atoms with E-state index < -0.39 is 18.4 Å². The molecule has 0 bridgehead atoms. The van der Waals surface area contributed by atoms with Gasteiger partial charge in [0.25, 0.3) is 0 Å². The van der Waals surface area contributed by atoms with Crippen molar-refractivity contribution >= 4 is 5.78 Å². The lowest BCUT2D eigenvalue weighted by atomic mass is 9.83. The molecular formula is C13H21F3O3. The van der Waals surface area contributed by atoms with Crippen LogP contribution in [0.5, 0.6) is 0 Å². The molecule has 0 N–H and O–H groups in total. The number of ketones is 1. The molecule has 1 saturated heterocycles. The Labute approximate surface area is 111 Å². The summed E-state index contributed by atoms with van der Waals surface area (Å²) in [5.74, 6) is -0.394. The van der Waals surface area contributed by atoms with Gasteiger partial charge in [0.05, 0.1) is 17.8 Å². The van der Waals surface area contributed by atoms with Gasteiger partial charge in [-0.05, 0) is 34.1 Å². The van der Waals surface area contributed by atoms with Crippen LogP contribution in [-0.2, 0) is 14.3 Å². The summed E-state index contributed by atoms with van der Waals surface area (Å²) in [4.78, 5) is 12.0. The lowest BCUT2D eigenvalue weighted by Gasteiger charge is -2.26. The summed E-state index contributed by atoms with van der Waals surface area (Å²) in [7, 11) is 0. The molecule has 3 nitrogen and oxygen atoms in total. The van der Waals surface area contributed by atoms with Crippen molar-refractivity contribution in [3.8, 4) is 0 Å². The van der Waals surface area contributed by atoms with Crippen molar-refractivity contribution in [1.82, 2.24) is 0 Å². The van der Waals surface area contributed by atoms with Gasteiger partial charge in [-0.3, -0.25) is 4.79 Å². The fourth-order valence-corrected chi connectivity index (χ4v) is 2.60. The maximum absolute atomic E-state index is 12.0. The molecule has 0 aromatic carbocycles. The Morgan fingerprint density at radius 2 is 1.89 bits per heavy atom. The second kappa shape index (κ2) is 5.40. The molecule has 0 radical (unpaired) electrons. The minimum absolute atomic E-state index is 0.0103. The Morgan fingerprint density at radius 1 is 1.32 bits per heavy atom. The highest BCUT2D eigenvalue weighted by atomic mass is 19.4. The summed E-state index contributed by atoms with van der Waals surface area (Å²) in [5.41, 5.74) is -0.957. The van der Waals surface area contributed by atoms with Gasteiger partial charge < -0.3 is 9.47 Å². The monoisotopic (exact) mass is 282 g/mol. The molecule has 0 aromatic heterocycles. The number of ether oxygens (including phenoxy) is 2. The third kappa shape index (κ3) is 5.10. The van der Waals surface area contributed by atoms with Crippen LogP contribution in [0.3, 0.4) is 0 Å². The zero-order valence-electron chi connectivity index (χ0n) is 11.8. The second-order valence-electron chi connectivity index (χ2n) is 6.11. The van der Waals surface area contributed by atoms with E-state index in [0.29, 0.717) is 6.42 Å². The van der Waals surface area contributed by atoms with Gasteiger partial charge in [-0.1, -0.05) is 0 Å². The Bertz CT molecular complexity index is 335. The van der Waals surface area contributed by atoms with E-state index in [1.54, 1.807) is 0 Å². The van der Waals surface area contributed by atoms with Crippen molar-refractivity contribution in [2.24, 2.45) is 5.92 Å². The van der Waals surface area contributed by atoms with Crippen LogP contribution >= 0.6 is 0 Å². The maximum Gasteiger partial charge on any atom is 0.411 e. The molecule has 1 aliphatic rings. The summed E-state index contributed by atoms with van der Waals surface area (Å²) >= 11 is 0. The highest BCUT2D eigenvalue weighted by molar-refractivity contribution is 5.82. The van der Waals surface area contributed by atoms with Crippen molar-refractivity contribution in [3.05, 3.63) is 0 Å². The van der Waals surface area contributed by atoms with Crippen LogP contribution in [0.4, 0.5) is 13.2 Å². The van der Waals surface area contributed by atoms with E-state index >= 15 is 0 Å². The molecule has 1 atom stereocenters. The topological polar surface area (TPSA) is 35.5 Å². The molecule has 19 heavy (non-hydrogen) atoms. The lowest BCUT2D eigenvalue weighted by Crippen LogP contribution is -2.34. The van der Waals surface area contributed by atoms with Crippen LogP contribution in [-0.4, -0.2) is 36.4 Å². The maximum atomic E-state index is 12.0. The van der Waals surface area contributed by atoms with Gasteiger partial charge in [-0.25, -0.2) is 0 Å². The molecule has 1 fully saturated rings. The van der Waals surface area contributed by atoms with Crippen LogP contribution in [0.1, 0.15) is 40.5 Å². The molecular weight excluding hydrogens is 261 g/mol. The standard InChI is InChI=1S/C13H21F3O3/c1-11(2)7-9(12(3,4)19-11)10(17)5-6-18-8-13(14,15)16/h9H,5-8H2,1-4H3. The first kappa shape index (κ1) is 16.4. The number of hydrogen-bond acceptors (Lipinski definition) is 3. The molecule has 1 heterocycles. The van der Waals surface area contributed by atoms with Gasteiger partial charge in [-0.15, -0.1) is 0 Å². The van der Waals surface area contributed by atoms with Crippen molar-refractivity contribution < 1.29 is 27.4 Å². The first-order valence-corrected chi connectivity index (χ1v) is 6.30. The quantitative estimate of drug-likeness (QED) is 0.727. The van der Waals surface area contributed by atoms with E-state index in [9.17, 15) is 18.0 Å². The van der Waals surface area contributed by atoms with Crippen molar-refractivity contribution in [3.63, 3.8) is 0 Å². The predicted octanol–water partition coefficient (Wildman–Crippen LogP) is 3.12. The van der Waals surface area contributed by atoms with Crippen LogP contribution in [0.2, 0.25) is 0 Å². The van der Waals surface area contributed by atoms with Crippen LogP contribution in [0.25, 0.3) is 0 Å². The normalized spacial score (nSPS) is 25.5. The Hall–Kier alpha value is -0.620. The third-order valence-electron chi connectivity index (χ3n) is 3.22. The summed E-state index contributed by atoms with van der Waals surface area (Å²) in [6.07, 6.45) is -3.78. The average molecular weight is 282 g/mol. The molecule has 0 spiro atoms. The summed E-state index contributed by atoms with van der Waals surface area (Å²) in [5, 5.41) is 0. The molecule has 1 aliphatic heterocycles. The number of carbonyl (C=O) groups excluding carboxylic acids is 1. The zero-order chi connectivity index (χ0) is 14.9. The Kier molecular flexibility index (Phi) is 4.67. The van der Waals surface area contributed by atoms with Crippen LogP contribution < -0.4 is 0 Å². The summed E-state index contributed by atoms with van der Waals surface area (Å²) in [6.45, 7) is 5.97. The van der Waals surface area contributed by atoms with Gasteiger partial charge in [0.15, 0.2) is 0 Å². The van der Waals surface area contributed by atoms with E-state index in [1.165, 1.54) is 0 Å². The Morgan fingerprint density at radius 3 is 2.32 bits per heavy atom. The first-order chi connectivity index (χ1) is 8.43. The van der Waals surface area contributed by atoms with Crippen LogP contribution in [0, 0.1) is 5.92 Å². The minimum atomic E-state index is -4.35. The first-order valence-electron chi connectivity index (χ1n) is 6.30. The van der Waals surface area contributed by atoms with Gasteiger partial charge in [-0.2, -0.15) is 13.2 Å². The summed E-state index contributed by atoms with van der Waals surface area (Å²) in [6, 6.07) is 0. The van der Waals surface area contributed by atoms with Crippen molar-refractivity contribution in [2.45, 2.75) is 57.9 Å². The molecule has 112 valence electrons. The molecule has 0 aromatic rings. The van der Waals surface area contributed by atoms with Crippen molar-refractivity contribution in [1.29, 1.82) is 0 Å². The van der Waals surface area contributed by atoms with Gasteiger partial charge in [0.2, 0.25) is 0 Å². The highest BCUT2D eigenvalue weighted by Gasteiger charge is 2.48. The lowest BCUT2D eigenvalue weighted by molar-refractivity contribution is -0.175. The number of halogens is 3. The second-order valence-corrected chi connectivity index (χ2v) is 6.11. The number of carbonyl (C=O) groups is 1. The Balaban J connectivity index is 2.42. The predicted molar refractivity (Wildman–Crippen MR) is 63.8 cm³/mol. The number of alkyl halides is 3. The van der Waals surface area contributed by atoms with Crippen molar-refractivity contribution in [2.75, 3.05) is 13.2 Å². The van der Waals surface area contributed by atoms with E-state index in [4.69, 9.17) is 4.74 Å². The van der Waals surface area contributed by atoms with Gasteiger partial charge in [0.1, 0.15) is 12.4 Å². The number of rotatable bonds is 5.